The smallest absolute Gasteiger partial charge is 0.481 e. The van der Waals surface area contributed by atoms with Crippen LogP contribution in [0.15, 0.2) is 42.5 Å². The molecule has 1 heterocycles. The Balaban J connectivity index is 0.000000405. The Morgan fingerprint density at radius 1 is 1.16 bits per heavy atom. The number of rotatable bonds is 7. The maximum Gasteiger partial charge on any atom is 0.490 e. The molecule has 2 atom stereocenters. The minimum Gasteiger partial charge on any atom is -0.481 e. The monoisotopic (exact) mass is 519 g/mol. The highest BCUT2D eigenvalue weighted by Gasteiger charge is 2.39. The van der Waals surface area contributed by atoms with Crippen molar-refractivity contribution in [3.8, 4) is 5.75 Å². The van der Waals surface area contributed by atoms with Crippen LogP contribution in [0, 0.1) is 5.92 Å². The van der Waals surface area contributed by atoms with E-state index in [1.54, 1.807) is 11.0 Å². The van der Waals surface area contributed by atoms with E-state index in [9.17, 15) is 22.8 Å². The number of carbonyl (C=O) groups excluding carboxylic acids is 2. The molecule has 11 heteroatoms. The molecule has 2 fully saturated rings. The van der Waals surface area contributed by atoms with Gasteiger partial charge in [0.05, 0.1) is 5.69 Å². The average Bonchev–Trinajstić information content (AvgIpc) is 3.78. The highest BCUT2D eigenvalue weighted by Crippen LogP contribution is 2.42. The van der Waals surface area contributed by atoms with Crippen LogP contribution in [0.25, 0.3) is 0 Å². The predicted octanol–water partition coefficient (Wildman–Crippen LogP) is 4.17. The topological polar surface area (TPSA) is 108 Å². The molecule has 3 aliphatic rings. The molecular formula is C26H28F3N3O5. The molecule has 2 aromatic carbocycles. The van der Waals surface area contributed by atoms with E-state index in [0.29, 0.717) is 35.5 Å². The maximum absolute atomic E-state index is 12.8. The van der Waals surface area contributed by atoms with Gasteiger partial charge in [0.2, 0.25) is 0 Å². The molecule has 2 amide bonds. The summed E-state index contributed by atoms with van der Waals surface area (Å²) in [4.78, 5) is 35.4. The van der Waals surface area contributed by atoms with Gasteiger partial charge in [0.25, 0.3) is 11.8 Å². The zero-order chi connectivity index (χ0) is 26.7. The number of nitrogens with one attached hydrogen (secondary N) is 2. The number of carboxylic acid groups (broad SMARTS) is 1. The van der Waals surface area contributed by atoms with Crippen molar-refractivity contribution in [3.63, 3.8) is 0 Å². The Labute approximate surface area is 211 Å². The van der Waals surface area contributed by atoms with Gasteiger partial charge in [-0.05, 0) is 68.5 Å². The first-order chi connectivity index (χ1) is 17.6. The van der Waals surface area contributed by atoms with Gasteiger partial charge in [-0.2, -0.15) is 13.2 Å². The number of carbonyl (C=O) groups is 3. The van der Waals surface area contributed by atoms with Gasteiger partial charge < -0.3 is 25.4 Å². The number of amides is 2. The third-order valence-corrected chi connectivity index (χ3v) is 6.45. The largest absolute Gasteiger partial charge is 0.490 e. The van der Waals surface area contributed by atoms with Crippen LogP contribution in [-0.2, 0) is 9.59 Å². The van der Waals surface area contributed by atoms with Gasteiger partial charge in [0.15, 0.2) is 6.61 Å². The molecule has 5 rings (SSSR count). The van der Waals surface area contributed by atoms with Crippen LogP contribution >= 0.6 is 0 Å². The van der Waals surface area contributed by atoms with Crippen molar-refractivity contribution in [2.24, 2.45) is 5.92 Å². The number of hydrogen-bond acceptors (Lipinski definition) is 5. The summed E-state index contributed by atoms with van der Waals surface area (Å²) in [6, 6.07) is 13.9. The van der Waals surface area contributed by atoms with Gasteiger partial charge in [-0.25, -0.2) is 4.79 Å². The molecule has 8 nitrogen and oxygen atoms in total. The number of aliphatic carboxylic acids is 1. The van der Waals surface area contributed by atoms with E-state index in [0.717, 1.165) is 24.6 Å². The molecule has 1 aliphatic heterocycles. The summed E-state index contributed by atoms with van der Waals surface area (Å²) in [6.07, 6.45) is -1.21. The van der Waals surface area contributed by atoms with Crippen molar-refractivity contribution in [3.05, 3.63) is 53.6 Å². The number of benzene rings is 2. The fourth-order valence-electron chi connectivity index (χ4n) is 4.17. The predicted molar refractivity (Wildman–Crippen MR) is 130 cm³/mol. The molecule has 3 N–H and O–H groups in total. The molecule has 2 aliphatic carbocycles. The van der Waals surface area contributed by atoms with Crippen molar-refractivity contribution in [1.29, 1.82) is 0 Å². The van der Waals surface area contributed by atoms with Gasteiger partial charge in [-0.15, -0.1) is 0 Å². The number of ether oxygens (including phenoxy) is 1. The number of fused-ring (bicyclic) bond motifs is 1. The minimum absolute atomic E-state index is 0.0254. The number of nitrogens with zero attached hydrogens (tertiary/aromatic N) is 1. The van der Waals surface area contributed by atoms with E-state index < -0.39 is 12.1 Å². The van der Waals surface area contributed by atoms with Crippen LogP contribution < -0.4 is 20.3 Å². The average molecular weight is 520 g/mol. The normalized spacial score (nSPS) is 20.2. The molecule has 0 unspecified atom stereocenters. The van der Waals surface area contributed by atoms with Gasteiger partial charge in [0, 0.05) is 35.8 Å². The van der Waals surface area contributed by atoms with Crippen LogP contribution in [0.5, 0.6) is 5.75 Å². The fourth-order valence-corrected chi connectivity index (χ4v) is 4.17. The van der Waals surface area contributed by atoms with E-state index in [2.05, 4.69) is 16.7 Å². The van der Waals surface area contributed by atoms with Gasteiger partial charge >= 0.3 is 12.1 Å². The first-order valence-corrected chi connectivity index (χ1v) is 12.1. The standard InChI is InChI=1S/C24H27N3O3.C2HF3O2/c1-2-27-21-9-8-18(11-22(21)30-14-23(27)28)26-24(29)17-5-3-4-16(10-17)19-12-20(19)25-13-15-6-7-15;3-2(4,5)1(6)7/h3-5,8-11,15,19-20,25H,2,6-7,12-14H2,1H3,(H,26,29);(H,6,7)/t19-,20+;/m0./s1. The zero-order valence-corrected chi connectivity index (χ0v) is 20.2. The molecule has 0 saturated heterocycles. The summed E-state index contributed by atoms with van der Waals surface area (Å²) in [5, 5.41) is 13.7. The summed E-state index contributed by atoms with van der Waals surface area (Å²) in [5.74, 6) is -0.946. The fraction of sp³-hybridized carbons (Fsp3) is 0.423. The second-order valence-corrected chi connectivity index (χ2v) is 9.29. The quantitative estimate of drug-likeness (QED) is 0.507. The third-order valence-electron chi connectivity index (χ3n) is 6.45. The van der Waals surface area contributed by atoms with E-state index in [-0.39, 0.29) is 18.4 Å². The third kappa shape index (κ3) is 6.79. The Bertz CT molecular complexity index is 1180. The number of carboxylic acids is 1. The summed E-state index contributed by atoms with van der Waals surface area (Å²) in [6.45, 7) is 3.67. The minimum atomic E-state index is -5.08. The van der Waals surface area contributed by atoms with Crippen molar-refractivity contribution >= 4 is 29.2 Å². The van der Waals surface area contributed by atoms with Crippen LogP contribution in [0.3, 0.4) is 0 Å². The van der Waals surface area contributed by atoms with Gasteiger partial charge in [-0.1, -0.05) is 12.1 Å². The summed E-state index contributed by atoms with van der Waals surface area (Å²) in [5.41, 5.74) is 3.28. The van der Waals surface area contributed by atoms with Gasteiger partial charge in [0.1, 0.15) is 5.75 Å². The second-order valence-electron chi connectivity index (χ2n) is 9.29. The first kappa shape index (κ1) is 26.5. The summed E-state index contributed by atoms with van der Waals surface area (Å²) < 4.78 is 37.3. The SMILES string of the molecule is CCN1C(=O)COc2cc(NC(=O)c3cccc([C@@H]4C[C@H]4NCC4CC4)c3)ccc21.O=C(O)C(F)(F)F. The van der Waals surface area contributed by atoms with Crippen LogP contribution in [0.1, 0.15) is 48.0 Å². The lowest BCUT2D eigenvalue weighted by Crippen LogP contribution is -2.38. The zero-order valence-electron chi connectivity index (χ0n) is 20.2. The van der Waals surface area contributed by atoms with E-state index in [1.165, 1.54) is 18.4 Å². The lowest BCUT2D eigenvalue weighted by Gasteiger charge is -2.28. The van der Waals surface area contributed by atoms with Crippen LogP contribution in [-0.4, -0.2) is 54.8 Å². The maximum atomic E-state index is 12.8. The molecule has 0 radical (unpaired) electrons. The summed E-state index contributed by atoms with van der Waals surface area (Å²) in [7, 11) is 0. The number of alkyl halides is 3. The van der Waals surface area contributed by atoms with Crippen molar-refractivity contribution in [2.75, 3.05) is 29.9 Å². The molecular weight excluding hydrogens is 491 g/mol. The number of hydrogen-bond donors (Lipinski definition) is 3. The first-order valence-electron chi connectivity index (χ1n) is 12.1. The van der Waals surface area contributed by atoms with Crippen molar-refractivity contribution in [1.82, 2.24) is 5.32 Å². The Morgan fingerprint density at radius 3 is 2.54 bits per heavy atom. The number of halogens is 3. The summed E-state index contributed by atoms with van der Waals surface area (Å²) >= 11 is 0. The van der Waals surface area contributed by atoms with E-state index in [4.69, 9.17) is 14.6 Å². The Morgan fingerprint density at radius 2 is 1.89 bits per heavy atom. The van der Waals surface area contributed by atoms with Crippen LogP contribution in [0.2, 0.25) is 0 Å². The molecule has 2 aromatic rings. The van der Waals surface area contributed by atoms with E-state index in [1.807, 2.05) is 37.3 Å². The molecule has 0 bridgehead atoms. The highest BCUT2D eigenvalue weighted by atomic mass is 19.4. The highest BCUT2D eigenvalue weighted by molar-refractivity contribution is 6.05. The molecule has 0 aromatic heterocycles. The van der Waals surface area contributed by atoms with Crippen LogP contribution in [0.4, 0.5) is 24.5 Å². The Kier molecular flexibility index (Phi) is 7.72. The molecule has 0 spiro atoms. The number of likely N-dealkylation sites (N-methyl/N-ethyl adjacent to an activating group) is 1. The number of anilines is 2. The molecule has 2 saturated carbocycles. The van der Waals surface area contributed by atoms with E-state index >= 15 is 0 Å². The lowest BCUT2D eigenvalue weighted by molar-refractivity contribution is -0.192. The Hall–Kier alpha value is -3.60. The van der Waals surface area contributed by atoms with Crippen molar-refractivity contribution in [2.45, 2.75) is 44.3 Å². The molecule has 37 heavy (non-hydrogen) atoms. The van der Waals surface area contributed by atoms with Gasteiger partial charge in [-0.3, -0.25) is 9.59 Å². The second kappa shape index (κ2) is 10.8. The van der Waals surface area contributed by atoms with Crippen molar-refractivity contribution < 1.29 is 37.4 Å². The molecule has 198 valence electrons. The lowest BCUT2D eigenvalue weighted by atomic mass is 10.1.